The zero-order valence-electron chi connectivity index (χ0n) is 17.1. The van der Waals surface area contributed by atoms with Gasteiger partial charge in [0.15, 0.2) is 0 Å². The summed E-state index contributed by atoms with van der Waals surface area (Å²) in [5, 5.41) is 3.84. The van der Waals surface area contributed by atoms with E-state index in [0.717, 1.165) is 22.8 Å². The van der Waals surface area contributed by atoms with Crippen LogP contribution in [0.1, 0.15) is 38.6 Å². The summed E-state index contributed by atoms with van der Waals surface area (Å²) in [4.78, 5) is 12.5. The third-order valence-electron chi connectivity index (χ3n) is 5.40. The van der Waals surface area contributed by atoms with E-state index in [-0.39, 0.29) is 11.2 Å². The summed E-state index contributed by atoms with van der Waals surface area (Å²) in [6.45, 7) is 2.60. The Morgan fingerprint density at radius 2 is 1.87 bits per heavy atom. The van der Waals surface area contributed by atoms with Gasteiger partial charge >= 0.3 is 0 Å². The minimum atomic E-state index is 0.0334. The quantitative estimate of drug-likeness (QED) is 0.537. The average Bonchev–Trinajstić information content (AvgIpc) is 2.75. The molecule has 1 atom stereocenters. The summed E-state index contributed by atoms with van der Waals surface area (Å²) in [6.07, 6.45) is 0.839. The van der Waals surface area contributed by atoms with E-state index in [0.29, 0.717) is 12.3 Å². The van der Waals surface area contributed by atoms with Gasteiger partial charge in [0.1, 0.15) is 5.75 Å². The van der Waals surface area contributed by atoms with Gasteiger partial charge in [-0.15, -0.1) is 11.8 Å². The largest absolute Gasteiger partial charge is 0.497 e. The number of ether oxygens (including phenoxy) is 1. The van der Waals surface area contributed by atoms with Crippen LogP contribution in [-0.2, 0) is 17.8 Å². The van der Waals surface area contributed by atoms with Crippen LogP contribution in [0.2, 0.25) is 5.02 Å². The normalized spacial score (nSPS) is 14.6. The highest BCUT2D eigenvalue weighted by Gasteiger charge is 2.27. The van der Waals surface area contributed by atoms with Gasteiger partial charge in [0, 0.05) is 11.6 Å². The van der Waals surface area contributed by atoms with E-state index < -0.39 is 0 Å². The maximum atomic E-state index is 12.5. The lowest BCUT2D eigenvalue weighted by Crippen LogP contribution is -2.25. The Balaban J connectivity index is 1.50. The smallest absolute Gasteiger partial charge is 0.230 e. The second-order valence-electron chi connectivity index (χ2n) is 7.54. The molecule has 0 aliphatic heterocycles. The maximum Gasteiger partial charge on any atom is 0.230 e. The first-order valence-corrected chi connectivity index (χ1v) is 11.3. The molecule has 5 heteroatoms. The fraction of sp³-hybridized carbons (Fsp3) is 0.240. The molecule has 1 amide bonds. The Morgan fingerprint density at radius 3 is 2.63 bits per heavy atom. The van der Waals surface area contributed by atoms with Crippen molar-refractivity contribution < 1.29 is 9.53 Å². The standard InChI is InChI=1S/C25H24ClNO2S/c1-16-3-5-17(6-4-16)14-27-24(28)15-30-25-22-10-8-20(26)12-19(22)11-18-7-9-21(29-2)13-23(18)25/h3-10,12-13,25H,11,14-15H2,1-2H3,(H,27,28). The third-order valence-corrected chi connectivity index (χ3v) is 6.90. The zero-order valence-corrected chi connectivity index (χ0v) is 18.6. The SMILES string of the molecule is COc1ccc2c(c1)C(SCC(=O)NCc1ccc(C)cc1)c1ccc(Cl)cc1C2. The molecule has 1 unspecified atom stereocenters. The first-order valence-electron chi connectivity index (χ1n) is 9.92. The summed E-state index contributed by atoms with van der Waals surface area (Å²) in [7, 11) is 1.68. The third kappa shape index (κ3) is 4.66. The van der Waals surface area contributed by atoms with Gasteiger partial charge in [0.25, 0.3) is 0 Å². The van der Waals surface area contributed by atoms with E-state index >= 15 is 0 Å². The minimum absolute atomic E-state index is 0.0334. The molecule has 4 rings (SSSR count). The molecule has 0 aromatic heterocycles. The number of hydrogen-bond donors (Lipinski definition) is 1. The van der Waals surface area contributed by atoms with Gasteiger partial charge in [-0.25, -0.2) is 0 Å². The zero-order chi connectivity index (χ0) is 21.1. The van der Waals surface area contributed by atoms with Gasteiger partial charge in [-0.2, -0.15) is 0 Å². The molecule has 1 aliphatic carbocycles. The van der Waals surface area contributed by atoms with Crippen molar-refractivity contribution in [3.05, 3.63) is 99.1 Å². The van der Waals surface area contributed by atoms with E-state index in [1.54, 1.807) is 18.9 Å². The van der Waals surface area contributed by atoms with Gasteiger partial charge in [-0.1, -0.05) is 53.6 Å². The summed E-state index contributed by atoms with van der Waals surface area (Å²) < 4.78 is 5.45. The van der Waals surface area contributed by atoms with Crippen LogP contribution < -0.4 is 10.1 Å². The lowest BCUT2D eigenvalue weighted by atomic mass is 9.85. The first-order chi connectivity index (χ1) is 14.5. The van der Waals surface area contributed by atoms with Crippen molar-refractivity contribution in [3.63, 3.8) is 0 Å². The second-order valence-corrected chi connectivity index (χ2v) is 9.07. The van der Waals surface area contributed by atoms with Crippen LogP contribution in [0, 0.1) is 6.92 Å². The molecule has 3 aromatic rings. The Hall–Kier alpha value is -2.43. The molecule has 1 N–H and O–H groups in total. The Labute approximate surface area is 186 Å². The van der Waals surface area contributed by atoms with E-state index in [4.69, 9.17) is 16.3 Å². The monoisotopic (exact) mass is 437 g/mol. The lowest BCUT2D eigenvalue weighted by Gasteiger charge is -2.28. The number of benzene rings is 3. The predicted octanol–water partition coefficient (Wildman–Crippen LogP) is 5.70. The van der Waals surface area contributed by atoms with Crippen LogP contribution in [0.25, 0.3) is 0 Å². The molecule has 0 radical (unpaired) electrons. The average molecular weight is 438 g/mol. The van der Waals surface area contributed by atoms with E-state index in [1.165, 1.54) is 27.8 Å². The number of fused-ring (bicyclic) bond motifs is 2. The number of methoxy groups -OCH3 is 1. The number of aryl methyl sites for hydroxylation is 1. The fourth-order valence-electron chi connectivity index (χ4n) is 3.76. The van der Waals surface area contributed by atoms with Crippen molar-refractivity contribution in [1.82, 2.24) is 5.32 Å². The second kappa shape index (κ2) is 9.15. The molecular weight excluding hydrogens is 414 g/mol. The number of carbonyl (C=O) groups is 1. The summed E-state index contributed by atoms with van der Waals surface area (Å²) >= 11 is 7.89. The van der Waals surface area contributed by atoms with E-state index in [1.807, 2.05) is 30.3 Å². The Morgan fingerprint density at radius 1 is 1.07 bits per heavy atom. The van der Waals surface area contributed by atoms with Crippen LogP contribution in [0.4, 0.5) is 0 Å². The summed E-state index contributed by atoms with van der Waals surface area (Å²) in [5.41, 5.74) is 7.22. The molecule has 3 aromatic carbocycles. The topological polar surface area (TPSA) is 38.3 Å². The molecule has 0 fully saturated rings. The number of thioether (sulfide) groups is 1. The summed E-state index contributed by atoms with van der Waals surface area (Å²) in [6, 6.07) is 20.5. The van der Waals surface area contributed by atoms with Crippen molar-refractivity contribution in [1.29, 1.82) is 0 Å². The number of halogens is 1. The molecule has 30 heavy (non-hydrogen) atoms. The number of rotatable bonds is 6. The van der Waals surface area contributed by atoms with Crippen molar-refractivity contribution in [2.75, 3.05) is 12.9 Å². The van der Waals surface area contributed by atoms with Gasteiger partial charge in [-0.05, 0) is 65.4 Å². The molecule has 0 bridgehead atoms. The van der Waals surface area contributed by atoms with Crippen molar-refractivity contribution in [3.8, 4) is 5.75 Å². The van der Waals surface area contributed by atoms with Gasteiger partial charge < -0.3 is 10.1 Å². The van der Waals surface area contributed by atoms with E-state index in [2.05, 4.69) is 42.6 Å². The molecule has 154 valence electrons. The number of carbonyl (C=O) groups excluding carboxylic acids is 1. The van der Waals surface area contributed by atoms with Gasteiger partial charge in [0.2, 0.25) is 5.91 Å². The van der Waals surface area contributed by atoms with Crippen LogP contribution >= 0.6 is 23.4 Å². The minimum Gasteiger partial charge on any atom is -0.497 e. The lowest BCUT2D eigenvalue weighted by molar-refractivity contribution is -0.118. The number of hydrogen-bond acceptors (Lipinski definition) is 3. The molecule has 0 heterocycles. The predicted molar refractivity (Wildman–Crippen MR) is 125 cm³/mol. The Bertz CT molecular complexity index is 1070. The van der Waals surface area contributed by atoms with Crippen LogP contribution in [-0.4, -0.2) is 18.8 Å². The highest BCUT2D eigenvalue weighted by atomic mass is 35.5. The first kappa shape index (κ1) is 20.8. The number of nitrogens with one attached hydrogen (secondary N) is 1. The van der Waals surface area contributed by atoms with Crippen molar-refractivity contribution in [2.45, 2.75) is 25.1 Å². The van der Waals surface area contributed by atoms with Gasteiger partial charge in [0.05, 0.1) is 18.1 Å². The van der Waals surface area contributed by atoms with Crippen LogP contribution in [0.3, 0.4) is 0 Å². The van der Waals surface area contributed by atoms with Gasteiger partial charge in [-0.3, -0.25) is 4.79 Å². The molecule has 3 nitrogen and oxygen atoms in total. The van der Waals surface area contributed by atoms with Crippen LogP contribution in [0.5, 0.6) is 5.75 Å². The number of amides is 1. The highest BCUT2D eigenvalue weighted by Crippen LogP contribution is 2.45. The fourth-order valence-corrected chi connectivity index (χ4v) is 5.18. The molecule has 0 saturated carbocycles. The highest BCUT2D eigenvalue weighted by molar-refractivity contribution is 8.00. The molecular formula is C25H24ClNO2S. The molecule has 1 aliphatic rings. The molecule has 0 spiro atoms. The maximum absolute atomic E-state index is 12.5. The van der Waals surface area contributed by atoms with Crippen molar-refractivity contribution >= 4 is 29.3 Å². The van der Waals surface area contributed by atoms with Crippen LogP contribution in [0.15, 0.2) is 60.7 Å². The summed E-state index contributed by atoms with van der Waals surface area (Å²) in [5.74, 6) is 1.25. The molecule has 0 saturated heterocycles. The van der Waals surface area contributed by atoms with Crippen molar-refractivity contribution in [2.24, 2.45) is 0 Å². The Kier molecular flexibility index (Phi) is 6.35. The van der Waals surface area contributed by atoms with E-state index in [9.17, 15) is 4.79 Å².